The summed E-state index contributed by atoms with van der Waals surface area (Å²) in [6, 6.07) is 16.0. The second kappa shape index (κ2) is 6.41. The smallest absolute Gasteiger partial charge is 0.0214 e. The molecule has 1 aliphatic rings. The van der Waals surface area contributed by atoms with Crippen LogP contribution in [0, 0.1) is 5.92 Å². The standard InChI is InChI=1S/C19H25N/c1-2-15-7-5-11-18(13-15)20-14-17-10-6-9-16-8-3-4-12-19(16)17/h3-4,6,8-10,12,15,18,20H,2,5,7,11,13-14H2,1H3. The molecule has 1 fully saturated rings. The van der Waals surface area contributed by atoms with Gasteiger partial charge in [-0.1, -0.05) is 68.7 Å². The van der Waals surface area contributed by atoms with Gasteiger partial charge >= 0.3 is 0 Å². The van der Waals surface area contributed by atoms with Crippen molar-refractivity contribution in [2.75, 3.05) is 0 Å². The molecule has 3 rings (SSSR count). The normalized spacial score (nSPS) is 23.1. The predicted octanol–water partition coefficient (Wildman–Crippen LogP) is 4.90. The van der Waals surface area contributed by atoms with E-state index in [9.17, 15) is 0 Å². The lowest BCUT2D eigenvalue weighted by molar-refractivity contribution is 0.278. The predicted molar refractivity (Wildman–Crippen MR) is 86.8 cm³/mol. The molecule has 1 heteroatoms. The molecule has 1 saturated carbocycles. The Hall–Kier alpha value is -1.34. The van der Waals surface area contributed by atoms with Crippen LogP contribution in [0.2, 0.25) is 0 Å². The maximum atomic E-state index is 3.79. The molecule has 0 bridgehead atoms. The Kier molecular flexibility index (Phi) is 4.37. The van der Waals surface area contributed by atoms with Crippen molar-refractivity contribution in [2.24, 2.45) is 5.92 Å². The molecule has 0 aliphatic heterocycles. The lowest BCUT2D eigenvalue weighted by Crippen LogP contribution is -2.33. The summed E-state index contributed by atoms with van der Waals surface area (Å²) in [5.41, 5.74) is 1.43. The Balaban J connectivity index is 1.68. The third-order valence-corrected chi connectivity index (χ3v) is 4.82. The third-order valence-electron chi connectivity index (χ3n) is 4.82. The topological polar surface area (TPSA) is 12.0 Å². The van der Waals surface area contributed by atoms with Gasteiger partial charge in [-0.2, -0.15) is 0 Å². The fourth-order valence-electron chi connectivity index (χ4n) is 3.55. The van der Waals surface area contributed by atoms with E-state index in [0.717, 1.165) is 12.5 Å². The van der Waals surface area contributed by atoms with Gasteiger partial charge in [0.2, 0.25) is 0 Å². The summed E-state index contributed by atoms with van der Waals surface area (Å²) >= 11 is 0. The van der Waals surface area contributed by atoms with Crippen LogP contribution in [0.1, 0.15) is 44.6 Å². The molecule has 2 aromatic rings. The van der Waals surface area contributed by atoms with Crippen LogP contribution in [0.15, 0.2) is 42.5 Å². The van der Waals surface area contributed by atoms with E-state index in [1.165, 1.54) is 48.4 Å². The Morgan fingerprint density at radius 2 is 1.90 bits per heavy atom. The van der Waals surface area contributed by atoms with Crippen molar-refractivity contribution in [3.63, 3.8) is 0 Å². The van der Waals surface area contributed by atoms with Crippen molar-refractivity contribution in [3.05, 3.63) is 48.0 Å². The average molecular weight is 267 g/mol. The minimum atomic E-state index is 0.715. The summed E-state index contributed by atoms with van der Waals surface area (Å²) in [7, 11) is 0. The number of benzene rings is 2. The molecule has 2 unspecified atom stereocenters. The Labute approximate surface area is 122 Å². The highest BCUT2D eigenvalue weighted by atomic mass is 14.9. The van der Waals surface area contributed by atoms with E-state index in [0.29, 0.717) is 6.04 Å². The summed E-state index contributed by atoms with van der Waals surface area (Å²) < 4.78 is 0. The number of rotatable bonds is 4. The average Bonchev–Trinajstić information content (AvgIpc) is 2.53. The van der Waals surface area contributed by atoms with Crippen LogP contribution >= 0.6 is 0 Å². The van der Waals surface area contributed by atoms with Crippen LogP contribution in [-0.4, -0.2) is 6.04 Å². The molecule has 2 aromatic carbocycles. The highest BCUT2D eigenvalue weighted by Gasteiger charge is 2.20. The van der Waals surface area contributed by atoms with E-state index in [4.69, 9.17) is 0 Å². The molecular formula is C19H25N. The first-order valence-electron chi connectivity index (χ1n) is 8.07. The Bertz CT molecular complexity index is 555. The van der Waals surface area contributed by atoms with Crippen LogP contribution in [0.3, 0.4) is 0 Å². The molecule has 0 spiro atoms. The minimum absolute atomic E-state index is 0.715. The maximum Gasteiger partial charge on any atom is 0.0214 e. The van der Waals surface area contributed by atoms with Crippen molar-refractivity contribution in [2.45, 2.75) is 51.6 Å². The van der Waals surface area contributed by atoms with E-state index >= 15 is 0 Å². The second-order valence-corrected chi connectivity index (χ2v) is 6.16. The summed E-state index contributed by atoms with van der Waals surface area (Å²) in [6.45, 7) is 3.33. The summed E-state index contributed by atoms with van der Waals surface area (Å²) in [5.74, 6) is 0.939. The van der Waals surface area contributed by atoms with Crippen LogP contribution in [0.4, 0.5) is 0 Å². The second-order valence-electron chi connectivity index (χ2n) is 6.16. The monoisotopic (exact) mass is 267 g/mol. The number of nitrogens with one attached hydrogen (secondary N) is 1. The van der Waals surface area contributed by atoms with Gasteiger partial charge in [-0.3, -0.25) is 0 Å². The summed E-state index contributed by atoms with van der Waals surface area (Å²) in [4.78, 5) is 0. The first-order valence-corrected chi connectivity index (χ1v) is 8.07. The molecule has 0 saturated heterocycles. The zero-order valence-corrected chi connectivity index (χ0v) is 12.4. The van der Waals surface area contributed by atoms with Crippen molar-refractivity contribution >= 4 is 10.8 Å². The number of fused-ring (bicyclic) bond motifs is 1. The molecule has 0 heterocycles. The van der Waals surface area contributed by atoms with Gasteiger partial charge in [0, 0.05) is 12.6 Å². The zero-order valence-electron chi connectivity index (χ0n) is 12.4. The van der Waals surface area contributed by atoms with Crippen molar-refractivity contribution in [3.8, 4) is 0 Å². The van der Waals surface area contributed by atoms with Gasteiger partial charge in [0.05, 0.1) is 0 Å². The fourth-order valence-corrected chi connectivity index (χ4v) is 3.55. The number of hydrogen-bond donors (Lipinski definition) is 1. The maximum absolute atomic E-state index is 3.79. The first-order chi connectivity index (χ1) is 9.86. The first kappa shape index (κ1) is 13.6. The molecule has 0 radical (unpaired) electrons. The molecule has 2 atom stereocenters. The van der Waals surface area contributed by atoms with E-state index in [-0.39, 0.29) is 0 Å². The SMILES string of the molecule is CCC1CCCC(NCc2cccc3ccccc23)C1. The van der Waals surface area contributed by atoms with Crippen molar-refractivity contribution < 1.29 is 0 Å². The molecule has 0 amide bonds. The lowest BCUT2D eigenvalue weighted by atomic mass is 9.84. The highest BCUT2D eigenvalue weighted by Crippen LogP contribution is 2.27. The molecule has 106 valence electrons. The van der Waals surface area contributed by atoms with Crippen LogP contribution in [-0.2, 0) is 6.54 Å². The van der Waals surface area contributed by atoms with Gasteiger partial charge in [-0.25, -0.2) is 0 Å². The van der Waals surface area contributed by atoms with Gasteiger partial charge in [0.15, 0.2) is 0 Å². The summed E-state index contributed by atoms with van der Waals surface area (Å²) in [5, 5.41) is 6.54. The van der Waals surface area contributed by atoms with Gasteiger partial charge in [0.1, 0.15) is 0 Å². The van der Waals surface area contributed by atoms with E-state index < -0.39 is 0 Å². The van der Waals surface area contributed by atoms with Crippen LogP contribution in [0.25, 0.3) is 10.8 Å². The molecule has 1 N–H and O–H groups in total. The Morgan fingerprint density at radius 3 is 2.80 bits per heavy atom. The molecular weight excluding hydrogens is 242 g/mol. The van der Waals surface area contributed by atoms with Gasteiger partial charge in [-0.05, 0) is 35.1 Å². The molecule has 1 nitrogen and oxygen atoms in total. The number of hydrogen-bond acceptors (Lipinski definition) is 1. The highest BCUT2D eigenvalue weighted by molar-refractivity contribution is 5.85. The van der Waals surface area contributed by atoms with E-state index in [1.807, 2.05) is 0 Å². The summed E-state index contributed by atoms with van der Waals surface area (Å²) in [6.07, 6.45) is 6.88. The van der Waals surface area contributed by atoms with Crippen LogP contribution < -0.4 is 5.32 Å². The minimum Gasteiger partial charge on any atom is -0.310 e. The lowest BCUT2D eigenvalue weighted by Gasteiger charge is -2.29. The molecule has 1 aliphatic carbocycles. The fraction of sp³-hybridized carbons (Fsp3) is 0.474. The quantitative estimate of drug-likeness (QED) is 0.831. The molecule has 20 heavy (non-hydrogen) atoms. The van der Waals surface area contributed by atoms with Crippen molar-refractivity contribution in [1.29, 1.82) is 0 Å². The Morgan fingerprint density at radius 1 is 1.05 bits per heavy atom. The van der Waals surface area contributed by atoms with E-state index in [2.05, 4.69) is 54.7 Å². The van der Waals surface area contributed by atoms with Gasteiger partial charge < -0.3 is 5.32 Å². The van der Waals surface area contributed by atoms with Crippen LogP contribution in [0.5, 0.6) is 0 Å². The van der Waals surface area contributed by atoms with Gasteiger partial charge in [0.25, 0.3) is 0 Å². The molecule has 0 aromatic heterocycles. The van der Waals surface area contributed by atoms with E-state index in [1.54, 1.807) is 0 Å². The largest absolute Gasteiger partial charge is 0.310 e. The van der Waals surface area contributed by atoms with Gasteiger partial charge in [-0.15, -0.1) is 0 Å². The third kappa shape index (κ3) is 3.04. The zero-order chi connectivity index (χ0) is 13.8. The van der Waals surface area contributed by atoms with Crippen molar-refractivity contribution in [1.82, 2.24) is 5.32 Å².